The van der Waals surface area contributed by atoms with E-state index < -0.39 is 0 Å². The number of aromatic amines is 2. The van der Waals surface area contributed by atoms with E-state index in [-0.39, 0.29) is 24.2 Å². The van der Waals surface area contributed by atoms with Gasteiger partial charge in [0.15, 0.2) is 0 Å². The number of aromatic nitrogens is 4. The summed E-state index contributed by atoms with van der Waals surface area (Å²) < 4.78 is 0. The van der Waals surface area contributed by atoms with Gasteiger partial charge in [-0.05, 0) is 74.6 Å². The summed E-state index contributed by atoms with van der Waals surface area (Å²) >= 11 is 0. The molecule has 0 aliphatic carbocycles. The zero-order valence-corrected chi connectivity index (χ0v) is 26.2. The second-order valence-electron chi connectivity index (χ2n) is 12.5. The molecule has 0 radical (unpaired) electrons. The van der Waals surface area contributed by atoms with Crippen LogP contribution in [0.15, 0.2) is 60.9 Å². The van der Waals surface area contributed by atoms with Crippen molar-refractivity contribution in [2.45, 2.75) is 102 Å². The van der Waals surface area contributed by atoms with Crippen molar-refractivity contribution in [3.63, 3.8) is 0 Å². The summed E-state index contributed by atoms with van der Waals surface area (Å²) in [5, 5.41) is 0. The molecule has 2 aromatic heterocycles. The maximum absolute atomic E-state index is 11.7. The molecule has 8 heteroatoms. The zero-order valence-electron chi connectivity index (χ0n) is 26.2. The molecule has 0 saturated carbocycles. The second-order valence-corrected chi connectivity index (χ2v) is 12.5. The number of nitrogens with one attached hydrogen (secondary N) is 2. The fraction of sp³-hybridized carbons (Fsp3) is 0.444. The van der Waals surface area contributed by atoms with Gasteiger partial charge in [-0.1, -0.05) is 62.4 Å². The first-order chi connectivity index (χ1) is 21.4. The molecule has 6 atom stereocenters. The first-order valence-electron chi connectivity index (χ1n) is 16.2. The minimum absolute atomic E-state index is 0.0736. The van der Waals surface area contributed by atoms with E-state index in [2.05, 4.69) is 96.0 Å². The summed E-state index contributed by atoms with van der Waals surface area (Å²) in [6.45, 7) is 8.55. The highest BCUT2D eigenvalue weighted by Gasteiger charge is 2.38. The number of carbonyl (C=O) groups is 2. The molecule has 230 valence electrons. The number of hydrogen-bond acceptors (Lipinski definition) is 6. The largest absolute Gasteiger partial charge is 0.341 e. The molecule has 4 heterocycles. The van der Waals surface area contributed by atoms with Crippen molar-refractivity contribution in [1.29, 1.82) is 0 Å². The van der Waals surface area contributed by atoms with Gasteiger partial charge in [0.1, 0.15) is 24.2 Å². The lowest BCUT2D eigenvalue weighted by molar-refractivity contribution is -0.114. The van der Waals surface area contributed by atoms with Crippen molar-refractivity contribution in [3.05, 3.63) is 72.6 Å². The highest BCUT2D eigenvalue weighted by atomic mass is 16.1. The lowest BCUT2D eigenvalue weighted by Gasteiger charge is -2.31. The third kappa shape index (κ3) is 5.69. The Labute approximate surface area is 260 Å². The zero-order chi connectivity index (χ0) is 30.8. The van der Waals surface area contributed by atoms with E-state index in [1.54, 1.807) is 0 Å². The van der Waals surface area contributed by atoms with Crippen LogP contribution >= 0.6 is 0 Å². The van der Waals surface area contributed by atoms with E-state index >= 15 is 0 Å². The van der Waals surface area contributed by atoms with Gasteiger partial charge >= 0.3 is 0 Å². The molecule has 44 heavy (non-hydrogen) atoms. The third-order valence-electron chi connectivity index (χ3n) is 9.92. The van der Waals surface area contributed by atoms with Gasteiger partial charge < -0.3 is 19.6 Å². The lowest BCUT2D eigenvalue weighted by Crippen LogP contribution is -2.40. The van der Waals surface area contributed by atoms with Crippen LogP contribution in [0.2, 0.25) is 0 Å². The average Bonchev–Trinajstić information content (AvgIpc) is 3.87. The summed E-state index contributed by atoms with van der Waals surface area (Å²) in [5.74, 6) is 1.88. The van der Waals surface area contributed by atoms with Gasteiger partial charge in [-0.25, -0.2) is 9.97 Å². The van der Waals surface area contributed by atoms with E-state index in [1.165, 1.54) is 0 Å². The molecule has 2 aliphatic heterocycles. The van der Waals surface area contributed by atoms with E-state index in [9.17, 15) is 9.59 Å². The molecule has 2 fully saturated rings. The van der Waals surface area contributed by atoms with Crippen LogP contribution in [0.25, 0.3) is 33.6 Å². The topological polar surface area (TPSA) is 98.0 Å². The molecule has 0 unspecified atom stereocenters. The van der Waals surface area contributed by atoms with Crippen molar-refractivity contribution in [2.75, 3.05) is 0 Å². The number of H-pyrrole nitrogens is 2. The Hall–Kier alpha value is -3.88. The molecule has 4 aromatic rings. The number of likely N-dealkylation sites (tertiary alicyclic amines) is 2. The highest BCUT2D eigenvalue weighted by molar-refractivity contribution is 5.71. The molecule has 0 amide bonds. The summed E-state index contributed by atoms with van der Waals surface area (Å²) in [6, 6.07) is 18.0. The quantitative estimate of drug-likeness (QED) is 0.180. The Kier molecular flexibility index (Phi) is 8.91. The number of benzene rings is 2. The molecule has 2 aromatic carbocycles. The van der Waals surface area contributed by atoms with Crippen molar-refractivity contribution >= 4 is 12.6 Å². The number of imidazole rings is 2. The smallest absolute Gasteiger partial charge is 0.137 e. The maximum atomic E-state index is 11.7. The van der Waals surface area contributed by atoms with Gasteiger partial charge in [0, 0.05) is 12.1 Å². The second kappa shape index (κ2) is 13.0. The average molecular weight is 593 g/mol. The van der Waals surface area contributed by atoms with Crippen LogP contribution in [-0.4, -0.2) is 66.5 Å². The van der Waals surface area contributed by atoms with Gasteiger partial charge in [0.25, 0.3) is 0 Å². The molecule has 0 bridgehead atoms. The molecule has 6 rings (SSSR count). The van der Waals surface area contributed by atoms with Crippen LogP contribution < -0.4 is 0 Å². The fourth-order valence-electron chi connectivity index (χ4n) is 7.43. The summed E-state index contributed by atoms with van der Waals surface area (Å²) in [7, 11) is 0. The summed E-state index contributed by atoms with van der Waals surface area (Å²) in [5.41, 5.74) is 6.45. The summed E-state index contributed by atoms with van der Waals surface area (Å²) in [4.78, 5) is 44.7. The number of aldehydes is 2. The number of rotatable bonds is 11. The first-order valence-corrected chi connectivity index (χ1v) is 16.2. The van der Waals surface area contributed by atoms with E-state index in [0.717, 1.165) is 96.4 Å². The monoisotopic (exact) mass is 592 g/mol. The Morgan fingerprint density at radius 2 is 1.02 bits per heavy atom. The molecule has 8 nitrogen and oxygen atoms in total. The Morgan fingerprint density at radius 3 is 1.36 bits per heavy atom. The fourth-order valence-corrected chi connectivity index (χ4v) is 7.43. The number of hydrogen-bond donors (Lipinski definition) is 2. The lowest BCUT2D eigenvalue weighted by atomic mass is 10.0. The molecular weight excluding hydrogens is 548 g/mol. The Balaban J connectivity index is 1.14. The molecule has 0 spiro atoms. The standard InChI is InChI=1S/C36H44N6O2/c1-5-29(21-43)41-23(3)7-17-33(41)35-37-19-31(39-35)27-13-9-25(10-14-27)26-11-15-28(16-12-26)32-20-38-36(40-32)34-18-8-24(4)42(34)30(6-2)22-44/h9-16,19-24,29-30,33-34H,5-8,17-18H2,1-4H3,(H,37,39)(H,38,40)/t23-,24-,29-,30-,33-,34-/m0/s1. The number of nitrogens with zero attached hydrogens (tertiary/aromatic N) is 4. The van der Waals surface area contributed by atoms with Gasteiger partial charge in [-0.2, -0.15) is 0 Å². The molecule has 2 aliphatic rings. The predicted molar refractivity (Wildman–Crippen MR) is 174 cm³/mol. The van der Waals surface area contributed by atoms with Crippen molar-refractivity contribution in [2.24, 2.45) is 0 Å². The van der Waals surface area contributed by atoms with Crippen molar-refractivity contribution < 1.29 is 9.59 Å². The Morgan fingerprint density at radius 1 is 0.659 bits per heavy atom. The minimum atomic E-state index is -0.0736. The van der Waals surface area contributed by atoms with Gasteiger partial charge in [-0.15, -0.1) is 0 Å². The van der Waals surface area contributed by atoms with Crippen molar-refractivity contribution in [3.8, 4) is 33.6 Å². The van der Waals surface area contributed by atoms with Crippen LogP contribution in [0.1, 0.15) is 90.0 Å². The van der Waals surface area contributed by atoms with Crippen LogP contribution in [0, 0.1) is 0 Å². The molecular formula is C36H44N6O2. The van der Waals surface area contributed by atoms with Gasteiger partial charge in [0.2, 0.25) is 0 Å². The minimum Gasteiger partial charge on any atom is -0.341 e. The summed E-state index contributed by atoms with van der Waals surface area (Å²) in [6.07, 6.45) is 11.8. The molecule has 2 N–H and O–H groups in total. The van der Waals surface area contributed by atoms with Gasteiger partial charge in [-0.3, -0.25) is 9.80 Å². The van der Waals surface area contributed by atoms with E-state index in [4.69, 9.17) is 9.97 Å². The SMILES string of the molecule is CC[C@@H](C=O)N1[C@@H](C)CC[C@H]1c1ncc(-c2ccc(-c3ccc(-c4cnc([C@@H]5CC[C@H](C)N5[C@H](C=O)CC)[nH]4)cc3)cc2)[nH]1. The first kappa shape index (κ1) is 30.2. The highest BCUT2D eigenvalue weighted by Crippen LogP contribution is 2.39. The van der Waals surface area contributed by atoms with Crippen LogP contribution in [-0.2, 0) is 9.59 Å². The van der Waals surface area contributed by atoms with Gasteiger partial charge in [0.05, 0.1) is 47.9 Å². The normalized spacial score (nSPS) is 24.0. The van der Waals surface area contributed by atoms with Crippen LogP contribution in [0.5, 0.6) is 0 Å². The van der Waals surface area contributed by atoms with Crippen LogP contribution in [0.4, 0.5) is 0 Å². The van der Waals surface area contributed by atoms with E-state index in [0.29, 0.717) is 12.1 Å². The maximum Gasteiger partial charge on any atom is 0.137 e. The number of carbonyl (C=O) groups excluding carboxylic acids is 2. The third-order valence-corrected chi connectivity index (χ3v) is 9.92. The Bertz CT molecular complexity index is 1440. The van der Waals surface area contributed by atoms with Crippen molar-refractivity contribution in [1.82, 2.24) is 29.7 Å². The molecule has 2 saturated heterocycles. The predicted octanol–water partition coefficient (Wildman–Crippen LogP) is 7.14. The van der Waals surface area contributed by atoms with E-state index in [1.807, 2.05) is 12.4 Å². The van der Waals surface area contributed by atoms with Crippen LogP contribution in [0.3, 0.4) is 0 Å².